The number of nitrogens with two attached hydrogens (primary N) is 1. The minimum atomic E-state index is -0.124. The van der Waals surface area contributed by atoms with Gasteiger partial charge in [0.05, 0.1) is 12.3 Å². The summed E-state index contributed by atoms with van der Waals surface area (Å²) in [6.45, 7) is 2.06. The van der Waals surface area contributed by atoms with E-state index >= 15 is 0 Å². The van der Waals surface area contributed by atoms with Gasteiger partial charge in [-0.3, -0.25) is 0 Å². The van der Waals surface area contributed by atoms with E-state index in [0.29, 0.717) is 0 Å². The molecule has 0 aliphatic rings. The zero-order chi connectivity index (χ0) is 9.26. The second-order valence-electron chi connectivity index (χ2n) is 3.00. The maximum absolute atomic E-state index is 6.02. The lowest BCUT2D eigenvalue weighted by Crippen LogP contribution is -2.10. The van der Waals surface area contributed by atoms with E-state index in [2.05, 4.69) is 17.7 Å². The summed E-state index contributed by atoms with van der Waals surface area (Å²) in [4.78, 5) is 0. The molecule has 0 aliphatic heterocycles. The highest BCUT2D eigenvalue weighted by atomic mass is 32.1. The molecule has 0 amide bonds. The molecule has 2 nitrogen and oxygen atoms in total. The second kappa shape index (κ2) is 3.36. The molecule has 2 aromatic rings. The second-order valence-corrected chi connectivity index (χ2v) is 3.75. The first-order valence-corrected chi connectivity index (χ1v) is 5.05. The Hall–Kier alpha value is -1.06. The van der Waals surface area contributed by atoms with E-state index in [1.54, 1.807) is 17.6 Å². The standard InChI is InChI=1S/C10H11NOS/c1-7-5-13-6-8(7)10(11)9-3-2-4-12-9/h2-6,10H,11H2,1H3. The monoisotopic (exact) mass is 193 g/mol. The van der Waals surface area contributed by atoms with Crippen LogP contribution < -0.4 is 5.73 Å². The van der Waals surface area contributed by atoms with Crippen LogP contribution in [0.3, 0.4) is 0 Å². The average molecular weight is 193 g/mol. The molecule has 0 spiro atoms. The van der Waals surface area contributed by atoms with Crippen molar-refractivity contribution in [2.75, 3.05) is 0 Å². The predicted molar refractivity (Wildman–Crippen MR) is 53.8 cm³/mol. The molecule has 0 saturated heterocycles. The van der Waals surface area contributed by atoms with E-state index in [0.717, 1.165) is 11.3 Å². The quantitative estimate of drug-likeness (QED) is 0.796. The van der Waals surface area contributed by atoms with E-state index in [-0.39, 0.29) is 6.04 Å². The smallest absolute Gasteiger partial charge is 0.125 e. The Morgan fingerprint density at radius 1 is 1.46 bits per heavy atom. The molecule has 2 N–H and O–H groups in total. The van der Waals surface area contributed by atoms with Crippen LogP contribution in [0.25, 0.3) is 0 Å². The Labute approximate surface area is 81.0 Å². The van der Waals surface area contributed by atoms with E-state index in [9.17, 15) is 0 Å². The number of thiophene rings is 1. The Bertz CT molecular complexity index is 377. The molecule has 68 valence electrons. The fraction of sp³-hybridized carbons (Fsp3) is 0.200. The summed E-state index contributed by atoms with van der Waals surface area (Å²) in [6.07, 6.45) is 1.65. The van der Waals surface area contributed by atoms with Crippen LogP contribution in [-0.2, 0) is 0 Å². The van der Waals surface area contributed by atoms with Gasteiger partial charge in [-0.25, -0.2) is 0 Å². The van der Waals surface area contributed by atoms with Crippen molar-refractivity contribution in [1.82, 2.24) is 0 Å². The van der Waals surface area contributed by atoms with Crippen molar-refractivity contribution in [3.8, 4) is 0 Å². The lowest BCUT2D eigenvalue weighted by atomic mass is 10.1. The van der Waals surface area contributed by atoms with E-state index in [1.807, 2.05) is 12.1 Å². The maximum atomic E-state index is 6.02. The van der Waals surface area contributed by atoms with Crippen LogP contribution in [0, 0.1) is 6.92 Å². The summed E-state index contributed by atoms with van der Waals surface area (Å²) in [5.41, 5.74) is 8.40. The molecule has 0 radical (unpaired) electrons. The number of furan rings is 1. The van der Waals surface area contributed by atoms with E-state index in [4.69, 9.17) is 10.2 Å². The lowest BCUT2D eigenvalue weighted by molar-refractivity contribution is 0.489. The first kappa shape index (κ1) is 8.53. The van der Waals surface area contributed by atoms with Gasteiger partial charge in [-0.2, -0.15) is 11.3 Å². The van der Waals surface area contributed by atoms with Crippen molar-refractivity contribution < 1.29 is 4.42 Å². The van der Waals surface area contributed by atoms with Crippen LogP contribution >= 0.6 is 11.3 Å². The summed E-state index contributed by atoms with van der Waals surface area (Å²) >= 11 is 1.67. The minimum Gasteiger partial charge on any atom is -0.467 e. The summed E-state index contributed by atoms with van der Waals surface area (Å²) in [7, 11) is 0. The van der Waals surface area contributed by atoms with Crippen LogP contribution in [0.1, 0.15) is 22.9 Å². The van der Waals surface area contributed by atoms with Crippen LogP contribution in [0.4, 0.5) is 0 Å². The molecule has 1 unspecified atom stereocenters. The van der Waals surface area contributed by atoms with Gasteiger partial charge < -0.3 is 10.2 Å². The molecule has 13 heavy (non-hydrogen) atoms. The average Bonchev–Trinajstić information content (AvgIpc) is 2.72. The van der Waals surface area contributed by atoms with Crippen LogP contribution in [0.2, 0.25) is 0 Å². The Kier molecular flexibility index (Phi) is 2.20. The first-order valence-electron chi connectivity index (χ1n) is 4.10. The van der Waals surface area contributed by atoms with Gasteiger partial charge in [-0.05, 0) is 40.9 Å². The van der Waals surface area contributed by atoms with Crippen molar-refractivity contribution in [1.29, 1.82) is 0 Å². The number of hydrogen-bond donors (Lipinski definition) is 1. The number of hydrogen-bond acceptors (Lipinski definition) is 3. The van der Waals surface area contributed by atoms with Crippen molar-refractivity contribution >= 4 is 11.3 Å². The third-order valence-corrected chi connectivity index (χ3v) is 2.96. The molecule has 0 fully saturated rings. The summed E-state index contributed by atoms with van der Waals surface area (Å²) < 4.78 is 5.25. The van der Waals surface area contributed by atoms with Crippen LogP contribution in [0.5, 0.6) is 0 Å². The molecular weight excluding hydrogens is 182 g/mol. The molecule has 2 heterocycles. The third-order valence-electron chi connectivity index (χ3n) is 2.08. The molecule has 0 saturated carbocycles. The topological polar surface area (TPSA) is 39.2 Å². The third kappa shape index (κ3) is 1.53. The Balaban J connectivity index is 2.33. The van der Waals surface area contributed by atoms with Gasteiger partial charge >= 0.3 is 0 Å². The zero-order valence-electron chi connectivity index (χ0n) is 7.36. The normalized spacial score (nSPS) is 13.1. The summed E-state index contributed by atoms with van der Waals surface area (Å²) in [5.74, 6) is 0.821. The number of aryl methyl sites for hydroxylation is 1. The molecule has 2 aromatic heterocycles. The van der Waals surface area contributed by atoms with Crippen LogP contribution in [-0.4, -0.2) is 0 Å². The lowest BCUT2D eigenvalue weighted by Gasteiger charge is -2.07. The highest BCUT2D eigenvalue weighted by Gasteiger charge is 2.13. The van der Waals surface area contributed by atoms with Gasteiger partial charge in [0.2, 0.25) is 0 Å². The SMILES string of the molecule is Cc1cscc1C(N)c1ccco1. The van der Waals surface area contributed by atoms with Gasteiger partial charge in [-0.1, -0.05) is 0 Å². The molecular formula is C10H11NOS. The molecule has 0 bridgehead atoms. The highest BCUT2D eigenvalue weighted by molar-refractivity contribution is 7.08. The summed E-state index contributed by atoms with van der Waals surface area (Å²) in [5, 5.41) is 4.17. The fourth-order valence-electron chi connectivity index (χ4n) is 1.31. The number of rotatable bonds is 2. The Morgan fingerprint density at radius 2 is 2.31 bits per heavy atom. The Morgan fingerprint density at radius 3 is 2.85 bits per heavy atom. The first-order chi connectivity index (χ1) is 6.29. The van der Waals surface area contributed by atoms with Crippen molar-refractivity contribution in [3.05, 3.63) is 46.0 Å². The molecule has 0 aromatic carbocycles. The van der Waals surface area contributed by atoms with E-state index in [1.165, 1.54) is 5.56 Å². The molecule has 0 aliphatic carbocycles. The molecule has 3 heteroatoms. The van der Waals surface area contributed by atoms with Crippen molar-refractivity contribution in [2.45, 2.75) is 13.0 Å². The minimum absolute atomic E-state index is 0.124. The van der Waals surface area contributed by atoms with Gasteiger partial charge in [0, 0.05) is 0 Å². The molecule has 1 atom stereocenters. The summed E-state index contributed by atoms with van der Waals surface area (Å²) in [6, 6.07) is 3.64. The van der Waals surface area contributed by atoms with Gasteiger partial charge in [0.1, 0.15) is 5.76 Å². The van der Waals surface area contributed by atoms with Gasteiger partial charge in [0.25, 0.3) is 0 Å². The van der Waals surface area contributed by atoms with Gasteiger partial charge in [-0.15, -0.1) is 0 Å². The van der Waals surface area contributed by atoms with E-state index < -0.39 is 0 Å². The fourth-order valence-corrected chi connectivity index (χ4v) is 2.20. The predicted octanol–water partition coefficient (Wildman–Crippen LogP) is 2.70. The largest absolute Gasteiger partial charge is 0.467 e. The van der Waals surface area contributed by atoms with Crippen molar-refractivity contribution in [2.24, 2.45) is 5.73 Å². The van der Waals surface area contributed by atoms with Crippen LogP contribution in [0.15, 0.2) is 33.6 Å². The molecule has 2 rings (SSSR count). The zero-order valence-corrected chi connectivity index (χ0v) is 8.17. The van der Waals surface area contributed by atoms with Crippen molar-refractivity contribution in [3.63, 3.8) is 0 Å². The highest BCUT2D eigenvalue weighted by Crippen LogP contribution is 2.25. The maximum Gasteiger partial charge on any atom is 0.125 e. The van der Waals surface area contributed by atoms with Gasteiger partial charge in [0.15, 0.2) is 0 Å².